The van der Waals surface area contributed by atoms with E-state index in [9.17, 15) is 9.18 Å². The van der Waals surface area contributed by atoms with Gasteiger partial charge in [-0.15, -0.1) is 10.2 Å². The number of halogens is 2. The van der Waals surface area contributed by atoms with Crippen molar-refractivity contribution in [3.8, 4) is 0 Å². The molecule has 0 saturated heterocycles. The number of nitrogens with zero attached hydrogens (tertiary/aromatic N) is 4. The van der Waals surface area contributed by atoms with Crippen LogP contribution in [0.4, 0.5) is 4.39 Å². The van der Waals surface area contributed by atoms with Crippen molar-refractivity contribution in [3.05, 3.63) is 46.3 Å². The summed E-state index contributed by atoms with van der Waals surface area (Å²) in [7, 11) is 1.60. The molecule has 1 aromatic carbocycles. The van der Waals surface area contributed by atoms with Crippen LogP contribution in [0.1, 0.15) is 28.4 Å². The third kappa shape index (κ3) is 2.51. The quantitative estimate of drug-likeness (QED) is 0.874. The van der Waals surface area contributed by atoms with E-state index < -0.39 is 11.7 Å². The van der Waals surface area contributed by atoms with Crippen molar-refractivity contribution in [2.75, 3.05) is 7.05 Å². The zero-order chi connectivity index (χ0) is 15.0. The van der Waals surface area contributed by atoms with Gasteiger partial charge in [0.25, 0.3) is 5.91 Å². The second kappa shape index (κ2) is 5.44. The van der Waals surface area contributed by atoms with E-state index in [0.717, 1.165) is 25.2 Å². The van der Waals surface area contributed by atoms with E-state index in [4.69, 9.17) is 11.6 Å². The molecule has 0 saturated carbocycles. The van der Waals surface area contributed by atoms with Gasteiger partial charge in [0, 0.05) is 20.0 Å². The number of carbonyl (C=O) groups excluding carboxylic acids is 1. The van der Waals surface area contributed by atoms with Gasteiger partial charge in [-0.05, 0) is 18.6 Å². The molecule has 7 heteroatoms. The average molecular weight is 309 g/mol. The van der Waals surface area contributed by atoms with Crippen LogP contribution in [0.15, 0.2) is 18.2 Å². The maximum absolute atomic E-state index is 13.8. The van der Waals surface area contributed by atoms with Crippen molar-refractivity contribution in [2.24, 2.45) is 0 Å². The van der Waals surface area contributed by atoms with E-state index in [1.165, 1.54) is 23.1 Å². The minimum Gasteiger partial charge on any atom is -0.334 e. The van der Waals surface area contributed by atoms with E-state index >= 15 is 0 Å². The van der Waals surface area contributed by atoms with Crippen molar-refractivity contribution in [3.63, 3.8) is 0 Å². The molecule has 0 bridgehead atoms. The van der Waals surface area contributed by atoms with E-state index in [1.54, 1.807) is 7.05 Å². The summed E-state index contributed by atoms with van der Waals surface area (Å²) < 4.78 is 15.8. The minimum absolute atomic E-state index is 0.108. The van der Waals surface area contributed by atoms with Crippen LogP contribution in [0.3, 0.4) is 0 Å². The van der Waals surface area contributed by atoms with Gasteiger partial charge in [-0.25, -0.2) is 4.39 Å². The molecule has 0 atom stereocenters. The lowest BCUT2D eigenvalue weighted by Crippen LogP contribution is -2.28. The van der Waals surface area contributed by atoms with Gasteiger partial charge in [0.15, 0.2) is 5.82 Å². The highest BCUT2D eigenvalue weighted by atomic mass is 35.5. The molecule has 1 aromatic heterocycles. The summed E-state index contributed by atoms with van der Waals surface area (Å²) in [4.78, 5) is 13.8. The summed E-state index contributed by atoms with van der Waals surface area (Å²) in [6.07, 6.45) is 1.94. The van der Waals surface area contributed by atoms with Crippen molar-refractivity contribution in [1.82, 2.24) is 19.7 Å². The highest BCUT2D eigenvalue weighted by molar-refractivity contribution is 6.33. The Morgan fingerprint density at radius 2 is 2.29 bits per heavy atom. The maximum atomic E-state index is 13.8. The predicted molar refractivity (Wildman–Crippen MR) is 75.6 cm³/mol. The Hall–Kier alpha value is -1.95. The molecule has 0 fully saturated rings. The second-order valence-corrected chi connectivity index (χ2v) is 5.45. The number of hydrogen-bond acceptors (Lipinski definition) is 3. The first-order valence-electron chi connectivity index (χ1n) is 6.68. The Bertz CT molecular complexity index is 680. The monoisotopic (exact) mass is 308 g/mol. The van der Waals surface area contributed by atoms with Gasteiger partial charge in [-0.2, -0.15) is 0 Å². The Morgan fingerprint density at radius 1 is 1.48 bits per heavy atom. The molecule has 0 N–H and O–H groups in total. The summed E-state index contributed by atoms with van der Waals surface area (Å²) >= 11 is 5.92. The molecule has 2 aromatic rings. The molecule has 1 aliphatic heterocycles. The van der Waals surface area contributed by atoms with Crippen molar-refractivity contribution < 1.29 is 9.18 Å². The van der Waals surface area contributed by atoms with Crippen molar-refractivity contribution >= 4 is 17.5 Å². The first-order valence-corrected chi connectivity index (χ1v) is 7.06. The van der Waals surface area contributed by atoms with E-state index in [1.807, 2.05) is 4.57 Å². The number of aryl methyl sites for hydroxylation is 1. The summed E-state index contributed by atoms with van der Waals surface area (Å²) in [5.74, 6) is 0.569. The van der Waals surface area contributed by atoms with Gasteiger partial charge < -0.3 is 9.47 Å². The number of rotatable bonds is 3. The van der Waals surface area contributed by atoms with E-state index in [-0.39, 0.29) is 17.1 Å². The normalized spacial score (nSPS) is 13.3. The standard InChI is InChI=1S/C14H14ClFN4O/c1-19(8-12-18-17-11-6-3-7-20(11)12)14(21)13-9(15)4-2-5-10(13)16/h2,4-5H,3,6-8H2,1H3. The molecule has 2 heterocycles. The molecule has 0 radical (unpaired) electrons. The van der Waals surface area contributed by atoms with Gasteiger partial charge in [0.2, 0.25) is 0 Å². The molecule has 0 unspecified atom stereocenters. The van der Waals surface area contributed by atoms with Crippen LogP contribution in [-0.2, 0) is 19.5 Å². The Kier molecular flexibility index (Phi) is 3.63. The second-order valence-electron chi connectivity index (χ2n) is 5.05. The summed E-state index contributed by atoms with van der Waals surface area (Å²) in [6, 6.07) is 4.20. The Balaban J connectivity index is 1.82. The smallest absolute Gasteiger partial charge is 0.258 e. The van der Waals surface area contributed by atoms with Gasteiger partial charge in [-0.3, -0.25) is 4.79 Å². The molecule has 0 aliphatic carbocycles. The fourth-order valence-corrected chi connectivity index (χ4v) is 2.75. The summed E-state index contributed by atoms with van der Waals surface area (Å²) in [6.45, 7) is 1.14. The molecule has 1 amide bonds. The minimum atomic E-state index is -0.620. The number of carbonyl (C=O) groups is 1. The van der Waals surface area contributed by atoms with E-state index in [2.05, 4.69) is 10.2 Å². The van der Waals surface area contributed by atoms with Crippen LogP contribution in [0.2, 0.25) is 5.02 Å². The molecule has 1 aliphatic rings. The molecule has 110 valence electrons. The van der Waals surface area contributed by atoms with Crippen LogP contribution >= 0.6 is 11.6 Å². The zero-order valence-corrected chi connectivity index (χ0v) is 12.3. The summed E-state index contributed by atoms with van der Waals surface area (Å²) in [5, 5.41) is 8.29. The molecule has 0 spiro atoms. The third-order valence-corrected chi connectivity index (χ3v) is 3.90. The number of benzene rings is 1. The SMILES string of the molecule is CN(Cc1nnc2n1CCC2)C(=O)c1c(F)cccc1Cl. The van der Waals surface area contributed by atoms with Crippen molar-refractivity contribution in [1.29, 1.82) is 0 Å². The molecule has 3 rings (SSSR count). The van der Waals surface area contributed by atoms with Crippen LogP contribution in [-0.4, -0.2) is 32.6 Å². The Labute approximate surface area is 126 Å². The number of aromatic nitrogens is 3. The number of amides is 1. The zero-order valence-electron chi connectivity index (χ0n) is 11.5. The van der Waals surface area contributed by atoms with Crippen molar-refractivity contribution in [2.45, 2.75) is 25.9 Å². The lowest BCUT2D eigenvalue weighted by Gasteiger charge is -2.18. The topological polar surface area (TPSA) is 51.0 Å². The number of hydrogen-bond donors (Lipinski definition) is 0. The molecular weight excluding hydrogens is 295 g/mol. The maximum Gasteiger partial charge on any atom is 0.258 e. The average Bonchev–Trinajstić information content (AvgIpc) is 3.03. The van der Waals surface area contributed by atoms with Gasteiger partial charge in [0.1, 0.15) is 11.6 Å². The first-order chi connectivity index (χ1) is 10.1. The van der Waals surface area contributed by atoms with Crippen LogP contribution in [0.25, 0.3) is 0 Å². The molecular formula is C14H14ClFN4O. The van der Waals surface area contributed by atoms with Crippen LogP contribution < -0.4 is 0 Å². The fourth-order valence-electron chi connectivity index (χ4n) is 2.50. The molecule has 21 heavy (non-hydrogen) atoms. The first kappa shape index (κ1) is 14.0. The van der Waals surface area contributed by atoms with Crippen LogP contribution in [0, 0.1) is 5.82 Å². The van der Waals surface area contributed by atoms with Crippen LogP contribution in [0.5, 0.6) is 0 Å². The third-order valence-electron chi connectivity index (χ3n) is 3.59. The Morgan fingerprint density at radius 3 is 3.05 bits per heavy atom. The highest BCUT2D eigenvalue weighted by Gasteiger charge is 2.23. The predicted octanol–water partition coefficient (Wildman–Crippen LogP) is 2.29. The largest absolute Gasteiger partial charge is 0.334 e. The lowest BCUT2D eigenvalue weighted by atomic mass is 10.2. The van der Waals surface area contributed by atoms with Gasteiger partial charge >= 0.3 is 0 Å². The highest BCUT2D eigenvalue weighted by Crippen LogP contribution is 2.21. The van der Waals surface area contributed by atoms with Gasteiger partial charge in [-0.1, -0.05) is 17.7 Å². The number of fused-ring (bicyclic) bond motifs is 1. The van der Waals surface area contributed by atoms with E-state index in [0.29, 0.717) is 5.82 Å². The van der Waals surface area contributed by atoms with Gasteiger partial charge in [0.05, 0.1) is 17.1 Å². The lowest BCUT2D eigenvalue weighted by molar-refractivity contribution is 0.0775. The summed E-state index contributed by atoms with van der Waals surface area (Å²) in [5.41, 5.74) is -0.108. The molecule has 5 nitrogen and oxygen atoms in total. The fraction of sp³-hybridized carbons (Fsp3) is 0.357.